The highest BCUT2D eigenvalue weighted by Crippen LogP contribution is 2.25. The second kappa shape index (κ2) is 15.7. The quantitative estimate of drug-likeness (QED) is 0.252. The van der Waals surface area contributed by atoms with Gasteiger partial charge in [-0.2, -0.15) is 0 Å². The number of nitrogens with one attached hydrogen (secondary N) is 1. The van der Waals surface area contributed by atoms with Crippen molar-refractivity contribution in [1.82, 2.24) is 10.2 Å². The smallest absolute Gasteiger partial charge is 0.243 e. The normalized spacial score (nSPS) is 14.4. The molecule has 1 aliphatic rings. The van der Waals surface area contributed by atoms with Gasteiger partial charge in [0, 0.05) is 38.0 Å². The van der Waals surface area contributed by atoms with Gasteiger partial charge in [-0.05, 0) is 55.0 Å². The van der Waals surface area contributed by atoms with Gasteiger partial charge < -0.3 is 15.0 Å². The van der Waals surface area contributed by atoms with E-state index in [-0.39, 0.29) is 43.8 Å². The molecule has 1 aliphatic carbocycles. The second-order valence-electron chi connectivity index (χ2n) is 11.6. The zero-order chi connectivity index (χ0) is 31.5. The highest BCUT2D eigenvalue weighted by Gasteiger charge is 2.32. The first-order valence-electron chi connectivity index (χ1n) is 15.5. The fraction of sp³-hybridized carbons (Fsp3) is 0.429. The Morgan fingerprint density at radius 3 is 2.34 bits per heavy atom. The predicted octanol–water partition coefficient (Wildman–Crippen LogP) is 5.64. The van der Waals surface area contributed by atoms with Crippen molar-refractivity contribution >= 4 is 27.5 Å². The van der Waals surface area contributed by atoms with Crippen LogP contribution in [0.5, 0.6) is 5.75 Å². The highest BCUT2D eigenvalue weighted by molar-refractivity contribution is 7.92. The topological polar surface area (TPSA) is 96.0 Å². The number of anilines is 1. The van der Waals surface area contributed by atoms with Crippen LogP contribution in [-0.2, 0) is 32.6 Å². The van der Waals surface area contributed by atoms with E-state index in [0.717, 1.165) is 48.6 Å². The minimum absolute atomic E-state index is 0.0872. The summed E-state index contributed by atoms with van der Waals surface area (Å²) in [4.78, 5) is 29.8. The predicted molar refractivity (Wildman–Crippen MR) is 175 cm³/mol. The van der Waals surface area contributed by atoms with Crippen LogP contribution in [0, 0.1) is 6.92 Å². The summed E-state index contributed by atoms with van der Waals surface area (Å²) in [7, 11) is -2.08. The number of rotatable bonds is 14. The summed E-state index contributed by atoms with van der Waals surface area (Å²) in [6.45, 7) is 2.41. The first kappa shape index (κ1) is 33.1. The number of hydrogen-bond donors (Lipinski definition) is 1. The van der Waals surface area contributed by atoms with E-state index in [1.165, 1.54) is 17.8 Å². The summed E-state index contributed by atoms with van der Waals surface area (Å²) in [5.41, 5.74) is 3.46. The lowest BCUT2D eigenvalue weighted by molar-refractivity contribution is -0.141. The molecule has 0 heterocycles. The molecule has 8 nitrogen and oxygen atoms in total. The molecule has 0 saturated heterocycles. The average Bonchev–Trinajstić information content (AvgIpc) is 3.02. The fourth-order valence-corrected chi connectivity index (χ4v) is 6.80. The van der Waals surface area contributed by atoms with E-state index in [4.69, 9.17) is 4.74 Å². The number of aryl methyl sites for hydroxylation is 1. The molecule has 3 aromatic rings. The van der Waals surface area contributed by atoms with Gasteiger partial charge in [0.2, 0.25) is 21.8 Å². The third-order valence-electron chi connectivity index (χ3n) is 8.32. The molecule has 9 heteroatoms. The Morgan fingerprint density at radius 2 is 1.66 bits per heavy atom. The average molecular weight is 620 g/mol. The van der Waals surface area contributed by atoms with Crippen LogP contribution in [0.1, 0.15) is 61.6 Å². The van der Waals surface area contributed by atoms with Crippen LogP contribution in [0.4, 0.5) is 5.69 Å². The number of nitrogens with zero attached hydrogens (tertiary/aromatic N) is 2. The van der Waals surface area contributed by atoms with Crippen molar-refractivity contribution in [3.63, 3.8) is 0 Å². The summed E-state index contributed by atoms with van der Waals surface area (Å²) in [5.74, 6) is 0.216. The monoisotopic (exact) mass is 619 g/mol. The highest BCUT2D eigenvalue weighted by atomic mass is 32.2. The first-order valence-corrected chi connectivity index (χ1v) is 17.3. The lowest BCUT2D eigenvalue weighted by atomic mass is 9.94. The summed E-state index contributed by atoms with van der Waals surface area (Å²) < 4.78 is 32.1. The minimum Gasteiger partial charge on any atom is -0.497 e. The second-order valence-corrected chi connectivity index (χ2v) is 13.5. The maximum Gasteiger partial charge on any atom is 0.243 e. The van der Waals surface area contributed by atoms with E-state index in [1.807, 2.05) is 61.5 Å². The van der Waals surface area contributed by atoms with Crippen molar-refractivity contribution in [3.8, 4) is 5.75 Å². The van der Waals surface area contributed by atoms with Gasteiger partial charge in [0.1, 0.15) is 11.8 Å². The lowest BCUT2D eigenvalue weighted by Gasteiger charge is -2.34. The van der Waals surface area contributed by atoms with E-state index >= 15 is 0 Å². The Morgan fingerprint density at radius 1 is 0.955 bits per heavy atom. The molecule has 236 valence electrons. The van der Waals surface area contributed by atoms with Gasteiger partial charge in [-0.3, -0.25) is 13.9 Å². The Labute approximate surface area is 262 Å². The molecule has 3 aromatic carbocycles. The minimum atomic E-state index is -3.61. The number of ether oxygens (including phenoxy) is 1. The Hall–Kier alpha value is -3.85. The third kappa shape index (κ3) is 9.32. The van der Waals surface area contributed by atoms with E-state index in [2.05, 4.69) is 5.32 Å². The molecule has 2 amide bonds. The lowest BCUT2D eigenvalue weighted by Crippen LogP contribution is -2.53. The number of amides is 2. The molecule has 1 fully saturated rings. The summed E-state index contributed by atoms with van der Waals surface area (Å²) in [6.07, 6.45) is 7.16. The van der Waals surface area contributed by atoms with E-state index < -0.39 is 16.1 Å². The number of methoxy groups -OCH3 is 1. The Balaban J connectivity index is 1.59. The Kier molecular flexibility index (Phi) is 11.8. The fourth-order valence-electron chi connectivity index (χ4n) is 5.84. The molecule has 44 heavy (non-hydrogen) atoms. The molecule has 4 rings (SSSR count). The van der Waals surface area contributed by atoms with Crippen LogP contribution >= 0.6 is 0 Å². The van der Waals surface area contributed by atoms with Crippen LogP contribution < -0.4 is 14.4 Å². The molecule has 1 saturated carbocycles. The maximum atomic E-state index is 14.1. The molecular weight excluding hydrogens is 574 g/mol. The SMILES string of the molecule is COc1cccc(N(CCCC(=O)N(Cc2ccccc2C)[C@H](Cc2ccccc2)C(=O)NC2CCCCC2)S(C)(=O)=O)c1. The molecule has 0 bridgehead atoms. The Bertz CT molecular complexity index is 1490. The van der Waals surface area contributed by atoms with Crippen molar-refractivity contribution < 1.29 is 22.7 Å². The van der Waals surface area contributed by atoms with Crippen molar-refractivity contribution in [3.05, 3.63) is 95.6 Å². The van der Waals surface area contributed by atoms with Gasteiger partial charge in [0.05, 0.1) is 19.1 Å². The van der Waals surface area contributed by atoms with E-state index in [1.54, 1.807) is 29.2 Å². The van der Waals surface area contributed by atoms with Gasteiger partial charge in [0.15, 0.2) is 0 Å². The van der Waals surface area contributed by atoms with Crippen LogP contribution in [0.2, 0.25) is 0 Å². The molecule has 0 radical (unpaired) electrons. The molecule has 0 aromatic heterocycles. The van der Waals surface area contributed by atoms with Crippen molar-refractivity contribution in [2.75, 3.05) is 24.2 Å². The van der Waals surface area contributed by atoms with E-state index in [0.29, 0.717) is 17.9 Å². The number of carbonyl (C=O) groups excluding carboxylic acids is 2. The summed E-state index contributed by atoms with van der Waals surface area (Å²) in [6, 6.07) is 23.9. The largest absolute Gasteiger partial charge is 0.497 e. The van der Waals surface area contributed by atoms with Gasteiger partial charge >= 0.3 is 0 Å². The standard InChI is InChI=1S/C35H45N3O5S/c1-27-14-10-11-17-29(27)26-37(33(24-28-15-6-4-7-16-28)35(40)36-30-18-8-5-9-19-30)34(39)22-13-23-38(44(3,41)42)31-20-12-21-32(25-31)43-2/h4,6-7,10-12,14-17,20-21,25,30,33H,5,8-9,13,18-19,22-24,26H2,1-3H3,(H,36,40)/t33-/m1/s1. The summed E-state index contributed by atoms with van der Waals surface area (Å²) >= 11 is 0. The number of hydrogen-bond acceptors (Lipinski definition) is 5. The number of carbonyl (C=O) groups is 2. The van der Waals surface area contributed by atoms with Crippen molar-refractivity contribution in [2.24, 2.45) is 0 Å². The van der Waals surface area contributed by atoms with Gasteiger partial charge in [-0.25, -0.2) is 8.42 Å². The van der Waals surface area contributed by atoms with Crippen molar-refractivity contribution in [2.45, 2.75) is 76.9 Å². The van der Waals surface area contributed by atoms with Crippen molar-refractivity contribution in [1.29, 1.82) is 0 Å². The first-order chi connectivity index (χ1) is 21.2. The molecule has 0 unspecified atom stereocenters. The van der Waals surface area contributed by atoms with Crippen LogP contribution in [0.15, 0.2) is 78.9 Å². The maximum absolute atomic E-state index is 14.1. The molecular formula is C35H45N3O5S. The van der Waals surface area contributed by atoms with Crippen LogP contribution in [0.25, 0.3) is 0 Å². The molecule has 1 atom stereocenters. The molecule has 1 N–H and O–H groups in total. The van der Waals surface area contributed by atoms with Gasteiger partial charge in [-0.15, -0.1) is 0 Å². The van der Waals surface area contributed by atoms with Gasteiger partial charge in [-0.1, -0.05) is 79.9 Å². The number of benzene rings is 3. The molecule has 0 aliphatic heterocycles. The zero-order valence-electron chi connectivity index (χ0n) is 26.1. The van der Waals surface area contributed by atoms with E-state index in [9.17, 15) is 18.0 Å². The van der Waals surface area contributed by atoms with Crippen LogP contribution in [0.3, 0.4) is 0 Å². The number of sulfonamides is 1. The van der Waals surface area contributed by atoms with Gasteiger partial charge in [0.25, 0.3) is 0 Å². The third-order valence-corrected chi connectivity index (χ3v) is 9.51. The van der Waals surface area contributed by atoms with Crippen LogP contribution in [-0.4, -0.2) is 57.1 Å². The molecule has 0 spiro atoms. The zero-order valence-corrected chi connectivity index (χ0v) is 26.9. The summed E-state index contributed by atoms with van der Waals surface area (Å²) in [5, 5.41) is 3.27.